The van der Waals surface area contributed by atoms with E-state index in [1.54, 1.807) is 6.92 Å². The Hall–Kier alpha value is 0.0669. The second-order valence-electron chi connectivity index (χ2n) is 6.61. The third-order valence-corrected chi connectivity index (χ3v) is 9.68. The van der Waals surface area contributed by atoms with Gasteiger partial charge >= 0.3 is 7.60 Å². The molecule has 0 amide bonds. The largest absolute Gasteiger partial charge is 0.393 e. The highest BCUT2D eigenvalue weighted by Gasteiger charge is 2.40. The molecule has 0 aromatic carbocycles. The molecule has 0 aliphatic heterocycles. The average Bonchev–Trinajstić information content (AvgIpc) is 2.24. The summed E-state index contributed by atoms with van der Waals surface area (Å²) in [6.07, 6.45) is 1.38. The molecule has 1 N–H and O–H groups in total. The molecule has 0 fully saturated rings. The first-order valence-corrected chi connectivity index (χ1v) is 12.3. The van der Waals surface area contributed by atoms with Gasteiger partial charge < -0.3 is 14.2 Å². The van der Waals surface area contributed by atoms with Crippen molar-refractivity contribution in [3.05, 3.63) is 11.0 Å². The summed E-state index contributed by atoms with van der Waals surface area (Å²) in [6, 6.07) is 0. The Kier molecular flexibility index (Phi) is 7.39. The van der Waals surface area contributed by atoms with Crippen LogP contribution in [0.15, 0.2) is 11.0 Å². The Morgan fingerprint density at radius 3 is 1.90 bits per heavy atom. The molecule has 0 rings (SSSR count). The predicted molar refractivity (Wildman–Crippen MR) is 87.7 cm³/mol. The van der Waals surface area contributed by atoms with Gasteiger partial charge in [0.2, 0.25) is 0 Å². The third-order valence-electron chi connectivity index (χ3n) is 3.25. The number of aliphatic hydroxyl groups excluding tert-OH is 1. The second-order valence-corrected chi connectivity index (χ2v) is 14.1. The fraction of sp³-hybridized carbons (Fsp3) is 0.857. The first-order valence-electron chi connectivity index (χ1n) is 7.21. The summed E-state index contributed by atoms with van der Waals surface area (Å²) >= 11 is 0. The monoisotopic (exact) mass is 322 g/mol. The number of hydrogen-bond acceptors (Lipinski definition) is 4. The van der Waals surface area contributed by atoms with E-state index in [9.17, 15) is 9.67 Å². The van der Waals surface area contributed by atoms with E-state index in [-0.39, 0.29) is 0 Å². The molecule has 1 atom stereocenters. The lowest BCUT2D eigenvalue weighted by Crippen LogP contribution is -2.31. The van der Waals surface area contributed by atoms with E-state index < -0.39 is 27.2 Å². The van der Waals surface area contributed by atoms with E-state index in [2.05, 4.69) is 19.6 Å². The zero-order valence-corrected chi connectivity index (χ0v) is 16.1. The maximum atomic E-state index is 13.1. The van der Waals surface area contributed by atoms with Crippen molar-refractivity contribution < 1.29 is 18.7 Å². The second kappa shape index (κ2) is 7.37. The quantitative estimate of drug-likeness (QED) is 0.531. The van der Waals surface area contributed by atoms with Gasteiger partial charge in [-0.05, 0) is 20.8 Å². The van der Waals surface area contributed by atoms with E-state index in [1.807, 2.05) is 33.8 Å². The summed E-state index contributed by atoms with van der Waals surface area (Å²) in [5.74, 6) is 0. The van der Waals surface area contributed by atoms with Gasteiger partial charge in [0.05, 0.1) is 27.4 Å². The summed E-state index contributed by atoms with van der Waals surface area (Å²) < 4.78 is 24.1. The van der Waals surface area contributed by atoms with Gasteiger partial charge in [0.1, 0.15) is 0 Å². The first-order chi connectivity index (χ1) is 8.90. The molecule has 4 nitrogen and oxygen atoms in total. The fourth-order valence-electron chi connectivity index (χ4n) is 1.70. The molecule has 0 heterocycles. The molecule has 1 unspecified atom stereocenters. The van der Waals surface area contributed by atoms with Crippen molar-refractivity contribution in [1.82, 2.24) is 0 Å². The molecule has 0 spiro atoms. The van der Waals surface area contributed by atoms with Gasteiger partial charge in [0.25, 0.3) is 0 Å². The Bertz CT molecular complexity index is 373. The molecule has 0 bridgehead atoms. The molecule has 0 aliphatic carbocycles. The minimum atomic E-state index is -3.28. The van der Waals surface area contributed by atoms with Gasteiger partial charge in [-0.1, -0.05) is 39.6 Å². The molecule has 20 heavy (non-hydrogen) atoms. The van der Waals surface area contributed by atoms with Crippen LogP contribution in [0.1, 0.15) is 34.6 Å². The van der Waals surface area contributed by atoms with Crippen molar-refractivity contribution in [2.45, 2.75) is 60.4 Å². The van der Waals surface area contributed by atoms with E-state index in [4.69, 9.17) is 9.05 Å². The maximum absolute atomic E-state index is 13.1. The van der Waals surface area contributed by atoms with Crippen LogP contribution < -0.4 is 0 Å². The van der Waals surface area contributed by atoms with Crippen molar-refractivity contribution >= 4 is 15.7 Å². The molecule has 0 aromatic rings. The molecule has 6 heteroatoms. The van der Waals surface area contributed by atoms with E-state index >= 15 is 0 Å². The summed E-state index contributed by atoms with van der Waals surface area (Å²) in [5, 5.41) is 9.92. The molecule has 0 saturated heterocycles. The van der Waals surface area contributed by atoms with Crippen molar-refractivity contribution in [2.24, 2.45) is 5.41 Å². The smallest absolute Gasteiger partial charge is 0.353 e. The molecular formula is C14H31O4PSi. The van der Waals surface area contributed by atoms with Crippen LogP contribution in [0.2, 0.25) is 19.6 Å². The topological polar surface area (TPSA) is 55.8 Å². The lowest BCUT2D eigenvalue weighted by atomic mass is 9.88. The maximum Gasteiger partial charge on any atom is 0.353 e. The van der Waals surface area contributed by atoms with Crippen molar-refractivity contribution in [3.8, 4) is 0 Å². The predicted octanol–water partition coefficient (Wildman–Crippen LogP) is 4.42. The zero-order chi connectivity index (χ0) is 16.2. The van der Waals surface area contributed by atoms with Crippen LogP contribution in [0, 0.1) is 5.41 Å². The van der Waals surface area contributed by atoms with Gasteiger partial charge in [0.15, 0.2) is 0 Å². The molecule has 120 valence electrons. The Labute approximate surface area is 125 Å². The fourth-order valence-corrected chi connectivity index (χ4v) is 7.70. The zero-order valence-electron chi connectivity index (χ0n) is 14.2. The number of rotatable bonds is 8. The van der Waals surface area contributed by atoms with Gasteiger partial charge in [-0.3, -0.25) is 4.57 Å². The summed E-state index contributed by atoms with van der Waals surface area (Å²) in [5.41, 5.74) is -0.473. The first kappa shape index (κ1) is 20.1. The van der Waals surface area contributed by atoms with Crippen LogP contribution in [-0.2, 0) is 13.6 Å². The lowest BCUT2D eigenvalue weighted by molar-refractivity contribution is 0.0993. The van der Waals surface area contributed by atoms with Crippen LogP contribution in [0.4, 0.5) is 0 Å². The SMILES string of the molecule is CCOP(=O)(OCC)/C(=C\C(C)(C)C(C)O)[Si](C)(C)C. The van der Waals surface area contributed by atoms with Gasteiger partial charge in [-0.2, -0.15) is 0 Å². The van der Waals surface area contributed by atoms with Crippen molar-refractivity contribution in [3.63, 3.8) is 0 Å². The average molecular weight is 322 g/mol. The lowest BCUT2D eigenvalue weighted by Gasteiger charge is -2.33. The Morgan fingerprint density at radius 1 is 1.25 bits per heavy atom. The normalized spacial score (nSPS) is 16.4. The van der Waals surface area contributed by atoms with Crippen molar-refractivity contribution in [2.75, 3.05) is 13.2 Å². The van der Waals surface area contributed by atoms with Gasteiger partial charge in [-0.15, -0.1) is 0 Å². The Balaban J connectivity index is 5.92. The van der Waals surface area contributed by atoms with E-state index in [0.717, 1.165) is 4.94 Å². The standard InChI is InChI=1S/C14H31O4PSi/c1-9-17-19(16,18-10-2)13(20(6,7)8)11-14(4,5)12(3)15/h11-12,15H,9-10H2,1-8H3/b13-11+. The minimum absolute atomic E-state index is 0.341. The van der Waals surface area contributed by atoms with E-state index in [1.165, 1.54) is 0 Å². The highest BCUT2D eigenvalue weighted by Crippen LogP contribution is 2.60. The Morgan fingerprint density at radius 2 is 1.65 bits per heavy atom. The van der Waals surface area contributed by atoms with Crippen LogP contribution in [0.25, 0.3) is 0 Å². The van der Waals surface area contributed by atoms with Crippen LogP contribution in [0.3, 0.4) is 0 Å². The summed E-state index contributed by atoms with van der Waals surface area (Å²) in [7, 11) is -5.19. The van der Waals surface area contributed by atoms with Crippen LogP contribution in [-0.4, -0.2) is 32.5 Å². The van der Waals surface area contributed by atoms with Crippen LogP contribution in [0.5, 0.6) is 0 Å². The van der Waals surface area contributed by atoms with Gasteiger partial charge in [-0.25, -0.2) is 0 Å². The molecule has 0 saturated carbocycles. The highest BCUT2D eigenvalue weighted by atomic mass is 31.2. The molecule has 0 radical (unpaired) electrons. The number of hydrogen-bond donors (Lipinski definition) is 1. The number of aliphatic hydroxyl groups is 1. The van der Waals surface area contributed by atoms with Crippen molar-refractivity contribution in [1.29, 1.82) is 0 Å². The molecule has 0 aliphatic rings. The van der Waals surface area contributed by atoms with Crippen LogP contribution >= 0.6 is 7.60 Å². The highest BCUT2D eigenvalue weighted by molar-refractivity contribution is 7.62. The molecular weight excluding hydrogens is 291 g/mol. The van der Waals surface area contributed by atoms with E-state index in [0.29, 0.717) is 13.2 Å². The minimum Gasteiger partial charge on any atom is -0.393 e. The third kappa shape index (κ3) is 5.45. The molecule has 0 aromatic heterocycles. The summed E-state index contributed by atoms with van der Waals surface area (Å²) in [4.78, 5) is 0.764. The summed E-state index contributed by atoms with van der Waals surface area (Å²) in [6.45, 7) is 16.2. The van der Waals surface area contributed by atoms with Gasteiger partial charge in [0, 0.05) is 10.4 Å².